The highest BCUT2D eigenvalue weighted by atomic mass is 32.1. The molecule has 2 aliphatic heterocycles. The van der Waals surface area contributed by atoms with Crippen LogP contribution in [0.5, 0.6) is 0 Å². The summed E-state index contributed by atoms with van der Waals surface area (Å²) in [7, 11) is 0. The third kappa shape index (κ3) is 3.33. The van der Waals surface area contributed by atoms with E-state index in [1.54, 1.807) is 6.20 Å². The first-order chi connectivity index (χ1) is 15.3. The van der Waals surface area contributed by atoms with E-state index in [1.165, 1.54) is 22.2 Å². The summed E-state index contributed by atoms with van der Waals surface area (Å²) in [5, 5.41) is 1.24. The number of hydrogen-bond donors (Lipinski definition) is 0. The van der Waals surface area contributed by atoms with E-state index >= 15 is 0 Å². The molecule has 160 valence electrons. The Morgan fingerprint density at radius 3 is 2.52 bits per heavy atom. The second kappa shape index (κ2) is 7.75. The normalized spacial score (nSPS) is 18.8. The van der Waals surface area contributed by atoms with Crippen LogP contribution in [0.15, 0.2) is 24.5 Å². The van der Waals surface area contributed by atoms with Gasteiger partial charge in [-0.25, -0.2) is 14.8 Å². The van der Waals surface area contributed by atoms with Gasteiger partial charge in [-0.1, -0.05) is 0 Å². The number of pyridine rings is 1. The fourth-order valence-electron chi connectivity index (χ4n) is 5.05. The Morgan fingerprint density at radius 2 is 1.74 bits per heavy atom. The smallest absolute Gasteiger partial charge is 0.320 e. The van der Waals surface area contributed by atoms with Crippen LogP contribution >= 0.6 is 11.3 Å². The topological polar surface area (TPSA) is 65.5 Å². The van der Waals surface area contributed by atoms with Crippen molar-refractivity contribution in [3.05, 3.63) is 35.0 Å². The number of hydrogen-bond acceptors (Lipinski definition) is 6. The van der Waals surface area contributed by atoms with Crippen molar-refractivity contribution in [3.8, 4) is 11.4 Å². The van der Waals surface area contributed by atoms with E-state index < -0.39 is 0 Å². The summed E-state index contributed by atoms with van der Waals surface area (Å²) >= 11 is 1.83. The molecule has 5 heterocycles. The number of aromatic nitrogens is 3. The van der Waals surface area contributed by atoms with Crippen molar-refractivity contribution in [2.24, 2.45) is 0 Å². The number of amides is 2. The molecule has 3 aromatic rings. The number of piperazine rings is 1. The lowest BCUT2D eigenvalue weighted by Crippen LogP contribution is -2.52. The monoisotopic (exact) mass is 434 g/mol. The second-order valence-corrected chi connectivity index (χ2v) is 9.68. The van der Waals surface area contributed by atoms with Crippen LogP contribution < -0.4 is 4.90 Å². The minimum absolute atomic E-state index is 0.206. The van der Waals surface area contributed by atoms with Gasteiger partial charge >= 0.3 is 6.03 Å². The number of fused-ring (bicyclic) bond motifs is 3. The van der Waals surface area contributed by atoms with Crippen LogP contribution in [0.3, 0.4) is 0 Å². The predicted molar refractivity (Wildman–Crippen MR) is 123 cm³/mol. The molecular weight excluding hydrogens is 408 g/mol. The van der Waals surface area contributed by atoms with Crippen molar-refractivity contribution in [3.63, 3.8) is 0 Å². The highest BCUT2D eigenvalue weighted by Crippen LogP contribution is 2.41. The van der Waals surface area contributed by atoms with E-state index in [9.17, 15) is 4.79 Å². The van der Waals surface area contributed by atoms with E-state index in [1.807, 2.05) is 39.5 Å². The van der Waals surface area contributed by atoms with Gasteiger partial charge in [0, 0.05) is 62.1 Å². The Labute approximate surface area is 185 Å². The van der Waals surface area contributed by atoms with Gasteiger partial charge in [0.2, 0.25) is 0 Å². The number of urea groups is 1. The van der Waals surface area contributed by atoms with Gasteiger partial charge in [0.25, 0.3) is 0 Å². The van der Waals surface area contributed by atoms with Crippen LogP contribution in [-0.4, -0.2) is 70.1 Å². The number of anilines is 1. The minimum Gasteiger partial charge on any atom is -0.352 e. The number of likely N-dealkylation sites (tertiary alicyclic amines) is 1. The quantitative estimate of drug-likeness (QED) is 0.617. The Bertz CT molecular complexity index is 1120. The third-order valence-electron chi connectivity index (χ3n) is 6.69. The Balaban J connectivity index is 1.33. The molecule has 0 N–H and O–H groups in total. The largest absolute Gasteiger partial charge is 0.352 e. The van der Waals surface area contributed by atoms with Crippen molar-refractivity contribution in [2.45, 2.75) is 32.1 Å². The molecule has 8 heteroatoms. The van der Waals surface area contributed by atoms with Crippen molar-refractivity contribution in [1.29, 1.82) is 0 Å². The molecule has 0 radical (unpaired) electrons. The number of rotatable bonds is 2. The average Bonchev–Trinajstić information content (AvgIpc) is 3.56. The van der Waals surface area contributed by atoms with Crippen LogP contribution in [0, 0.1) is 0 Å². The molecule has 2 saturated heterocycles. The van der Waals surface area contributed by atoms with Crippen molar-refractivity contribution in [2.75, 3.05) is 44.2 Å². The molecule has 3 aromatic heterocycles. The molecule has 2 amide bonds. The van der Waals surface area contributed by atoms with E-state index in [4.69, 9.17) is 9.97 Å². The van der Waals surface area contributed by atoms with Crippen LogP contribution in [0.25, 0.3) is 21.6 Å². The van der Waals surface area contributed by atoms with Crippen LogP contribution in [-0.2, 0) is 12.8 Å². The molecule has 0 unspecified atom stereocenters. The first-order valence-electron chi connectivity index (χ1n) is 11.3. The summed E-state index contributed by atoms with van der Waals surface area (Å²) in [6, 6.07) is 4.16. The second-order valence-electron chi connectivity index (χ2n) is 8.60. The maximum Gasteiger partial charge on any atom is 0.320 e. The molecular formula is C23H26N6OS. The highest BCUT2D eigenvalue weighted by molar-refractivity contribution is 7.19. The van der Waals surface area contributed by atoms with E-state index in [-0.39, 0.29) is 6.03 Å². The summed E-state index contributed by atoms with van der Waals surface area (Å²) in [5.41, 5.74) is 2.39. The van der Waals surface area contributed by atoms with E-state index in [0.29, 0.717) is 0 Å². The number of aryl methyl sites for hydroxylation is 2. The summed E-state index contributed by atoms with van der Waals surface area (Å²) in [6.07, 6.45) is 9.36. The lowest BCUT2D eigenvalue weighted by Gasteiger charge is -2.37. The fourth-order valence-corrected chi connectivity index (χ4v) is 6.30. The molecule has 0 spiro atoms. The molecule has 0 bridgehead atoms. The van der Waals surface area contributed by atoms with Crippen LogP contribution in [0.2, 0.25) is 0 Å². The van der Waals surface area contributed by atoms with Gasteiger partial charge in [-0.3, -0.25) is 4.98 Å². The first kappa shape index (κ1) is 19.0. The molecule has 31 heavy (non-hydrogen) atoms. The highest BCUT2D eigenvalue weighted by Gasteiger charge is 2.30. The first-order valence-corrected chi connectivity index (χ1v) is 12.1. The van der Waals surface area contributed by atoms with Gasteiger partial charge in [-0.15, -0.1) is 11.3 Å². The standard InChI is InChI=1S/C23H26N6OS/c30-23(28-9-1-2-10-28)29-13-11-27(12-14-29)21-19-17-6-3-7-18(17)31-22(19)26-20(25-21)16-5-4-8-24-15-16/h4-5,8,15H,1-3,6-7,9-14H2. The van der Waals surface area contributed by atoms with Gasteiger partial charge in [0.1, 0.15) is 10.6 Å². The maximum absolute atomic E-state index is 12.8. The maximum atomic E-state index is 12.8. The Hall–Kier alpha value is -2.74. The van der Waals surface area contributed by atoms with Crippen molar-refractivity contribution in [1.82, 2.24) is 24.8 Å². The molecule has 2 fully saturated rings. The summed E-state index contributed by atoms with van der Waals surface area (Å²) < 4.78 is 0. The zero-order valence-electron chi connectivity index (χ0n) is 17.6. The van der Waals surface area contributed by atoms with Crippen LogP contribution in [0.1, 0.15) is 29.7 Å². The number of thiophene rings is 1. The average molecular weight is 435 g/mol. The molecule has 3 aliphatic rings. The van der Waals surface area contributed by atoms with E-state index in [2.05, 4.69) is 9.88 Å². The molecule has 6 rings (SSSR count). The lowest BCUT2D eigenvalue weighted by atomic mass is 10.1. The van der Waals surface area contributed by atoms with Crippen molar-refractivity contribution < 1.29 is 4.79 Å². The zero-order chi connectivity index (χ0) is 20.8. The van der Waals surface area contributed by atoms with Gasteiger partial charge in [0.05, 0.1) is 5.39 Å². The number of carbonyl (C=O) groups is 1. The summed E-state index contributed by atoms with van der Waals surface area (Å²) in [5.74, 6) is 1.78. The minimum atomic E-state index is 0.206. The van der Waals surface area contributed by atoms with Crippen molar-refractivity contribution >= 4 is 33.4 Å². The van der Waals surface area contributed by atoms with E-state index in [0.717, 1.165) is 87.0 Å². The molecule has 1 aliphatic carbocycles. The summed E-state index contributed by atoms with van der Waals surface area (Å²) in [4.78, 5) is 36.0. The zero-order valence-corrected chi connectivity index (χ0v) is 18.4. The Morgan fingerprint density at radius 1 is 0.935 bits per heavy atom. The predicted octanol–water partition coefficient (Wildman–Crippen LogP) is 3.58. The lowest BCUT2D eigenvalue weighted by molar-refractivity contribution is 0.159. The Kier molecular flexibility index (Phi) is 4.74. The molecule has 7 nitrogen and oxygen atoms in total. The third-order valence-corrected chi connectivity index (χ3v) is 7.88. The molecule has 0 aromatic carbocycles. The van der Waals surface area contributed by atoms with Gasteiger partial charge < -0.3 is 14.7 Å². The summed E-state index contributed by atoms with van der Waals surface area (Å²) in [6.45, 7) is 4.92. The fraction of sp³-hybridized carbons (Fsp3) is 0.478. The van der Waals surface area contributed by atoms with Gasteiger partial charge in [-0.05, 0) is 49.8 Å². The number of nitrogens with zero attached hydrogens (tertiary/aromatic N) is 6. The molecule has 0 saturated carbocycles. The SMILES string of the molecule is O=C(N1CCCC1)N1CCN(c2nc(-c3cccnc3)nc3sc4c(c23)CCC4)CC1. The van der Waals surface area contributed by atoms with Gasteiger partial charge in [-0.2, -0.15) is 0 Å². The van der Waals surface area contributed by atoms with Crippen LogP contribution in [0.4, 0.5) is 10.6 Å². The van der Waals surface area contributed by atoms with Gasteiger partial charge in [0.15, 0.2) is 5.82 Å². The number of carbonyl (C=O) groups excluding carboxylic acids is 1. The molecule has 0 atom stereocenters.